The number of carbonyl (C=O) groups excluding carboxylic acids is 1. The van der Waals surface area contributed by atoms with Crippen LogP contribution in [0.1, 0.15) is 16.7 Å². The molecule has 0 aliphatic rings. The molecule has 34 heavy (non-hydrogen) atoms. The number of carbonyl (C=O) groups is 1. The molecule has 5 nitrogen and oxygen atoms in total. The number of rotatable bonds is 7. The van der Waals surface area contributed by atoms with Crippen LogP contribution in [0, 0.1) is 0 Å². The lowest BCUT2D eigenvalue weighted by atomic mass is 10.1. The van der Waals surface area contributed by atoms with Gasteiger partial charge in [0.15, 0.2) is 5.16 Å². The second kappa shape index (κ2) is 10.3. The number of fused-ring (bicyclic) bond motifs is 1. The van der Waals surface area contributed by atoms with Crippen LogP contribution in [-0.4, -0.2) is 27.4 Å². The summed E-state index contributed by atoms with van der Waals surface area (Å²) in [6.07, 6.45) is -3.11. The molecule has 0 bridgehead atoms. The van der Waals surface area contributed by atoms with Crippen LogP contribution in [0.2, 0.25) is 5.02 Å². The van der Waals surface area contributed by atoms with Gasteiger partial charge in [0.1, 0.15) is 0 Å². The Hall–Kier alpha value is -3.30. The molecule has 1 heterocycles. The number of halogens is 4. The van der Waals surface area contributed by atoms with Crippen molar-refractivity contribution in [1.29, 1.82) is 0 Å². The molecule has 1 aromatic heterocycles. The lowest BCUT2D eigenvalue weighted by Crippen LogP contribution is -2.20. The van der Waals surface area contributed by atoms with Gasteiger partial charge in [0.05, 0.1) is 35.1 Å². The SMILES string of the molecule is O=C(CSc1nc2ccccc2n1Cc1ccc(Cl)cc1)NN=Cc1ccc(C(F)(F)F)cc1. The number of nitrogens with one attached hydrogen (secondary N) is 1. The third-order valence-corrected chi connectivity index (χ3v) is 6.08. The predicted molar refractivity (Wildman–Crippen MR) is 128 cm³/mol. The van der Waals surface area contributed by atoms with E-state index in [2.05, 4.69) is 15.5 Å². The number of thioether (sulfide) groups is 1. The minimum Gasteiger partial charge on any atom is -0.314 e. The average molecular weight is 503 g/mol. The fourth-order valence-electron chi connectivity index (χ4n) is 3.19. The first kappa shape index (κ1) is 23.8. The maximum atomic E-state index is 12.6. The van der Waals surface area contributed by atoms with E-state index in [1.54, 1.807) is 0 Å². The summed E-state index contributed by atoms with van der Waals surface area (Å²) in [6, 6.07) is 19.7. The lowest BCUT2D eigenvalue weighted by molar-refractivity contribution is -0.137. The maximum absolute atomic E-state index is 12.6. The van der Waals surface area contributed by atoms with Crippen molar-refractivity contribution in [3.63, 3.8) is 0 Å². The first-order chi connectivity index (χ1) is 16.3. The molecule has 0 unspecified atom stereocenters. The molecule has 1 amide bonds. The summed E-state index contributed by atoms with van der Waals surface area (Å²) in [5, 5.41) is 5.16. The van der Waals surface area contributed by atoms with Crippen molar-refractivity contribution in [2.24, 2.45) is 5.10 Å². The van der Waals surface area contributed by atoms with E-state index in [1.165, 1.54) is 30.1 Å². The van der Waals surface area contributed by atoms with E-state index in [0.717, 1.165) is 28.7 Å². The van der Waals surface area contributed by atoms with Gasteiger partial charge in [-0.2, -0.15) is 18.3 Å². The van der Waals surface area contributed by atoms with Gasteiger partial charge in [-0.1, -0.05) is 59.8 Å². The van der Waals surface area contributed by atoms with Crippen LogP contribution in [0.25, 0.3) is 11.0 Å². The van der Waals surface area contributed by atoms with E-state index >= 15 is 0 Å². The van der Waals surface area contributed by atoms with Gasteiger partial charge in [-0.05, 0) is 47.5 Å². The molecule has 0 atom stereocenters. The topological polar surface area (TPSA) is 59.3 Å². The number of imidazole rings is 1. The summed E-state index contributed by atoms with van der Waals surface area (Å²) in [6.45, 7) is 0.563. The van der Waals surface area contributed by atoms with Crippen LogP contribution in [0.3, 0.4) is 0 Å². The Labute approximate surface area is 202 Å². The molecule has 4 aromatic rings. The molecule has 0 radical (unpaired) electrons. The van der Waals surface area contributed by atoms with Gasteiger partial charge >= 0.3 is 6.18 Å². The molecular formula is C24H18ClF3N4OS. The summed E-state index contributed by atoms with van der Waals surface area (Å²) in [4.78, 5) is 16.9. The smallest absolute Gasteiger partial charge is 0.314 e. The van der Waals surface area contributed by atoms with Crippen molar-refractivity contribution in [2.75, 3.05) is 5.75 Å². The van der Waals surface area contributed by atoms with Crippen LogP contribution in [-0.2, 0) is 17.5 Å². The van der Waals surface area contributed by atoms with Crippen molar-refractivity contribution in [2.45, 2.75) is 17.9 Å². The molecular weight excluding hydrogens is 485 g/mol. The van der Waals surface area contributed by atoms with E-state index in [9.17, 15) is 18.0 Å². The predicted octanol–water partition coefficient (Wildman–Crippen LogP) is 6.00. The molecule has 0 aliphatic heterocycles. The monoisotopic (exact) mass is 502 g/mol. The Bertz CT molecular complexity index is 1320. The van der Waals surface area contributed by atoms with Crippen molar-refractivity contribution in [3.8, 4) is 0 Å². The number of alkyl halides is 3. The van der Waals surface area contributed by atoms with Crippen LogP contribution in [0.15, 0.2) is 83.1 Å². The standard InChI is InChI=1S/C24H18ClF3N4OS/c25-19-11-7-17(8-12-19)14-32-21-4-2-1-3-20(21)30-23(32)34-15-22(33)31-29-13-16-5-9-18(10-6-16)24(26,27)28/h1-13H,14-15H2,(H,31,33). The number of aromatic nitrogens is 2. The van der Waals surface area contributed by atoms with E-state index < -0.39 is 11.7 Å². The van der Waals surface area contributed by atoms with Crippen LogP contribution < -0.4 is 5.43 Å². The highest BCUT2D eigenvalue weighted by atomic mass is 35.5. The zero-order valence-corrected chi connectivity index (χ0v) is 19.2. The Balaban J connectivity index is 1.40. The largest absolute Gasteiger partial charge is 0.416 e. The second-order valence-corrected chi connectivity index (χ2v) is 8.68. The van der Waals surface area contributed by atoms with Crippen molar-refractivity contribution >= 4 is 46.5 Å². The van der Waals surface area contributed by atoms with Crippen molar-refractivity contribution in [3.05, 3.63) is 94.5 Å². The summed E-state index contributed by atoms with van der Waals surface area (Å²) in [7, 11) is 0. The quantitative estimate of drug-likeness (QED) is 0.191. The molecule has 10 heteroatoms. The minimum absolute atomic E-state index is 0.0638. The maximum Gasteiger partial charge on any atom is 0.416 e. The van der Waals surface area contributed by atoms with Crippen molar-refractivity contribution < 1.29 is 18.0 Å². The number of nitrogens with zero attached hydrogens (tertiary/aromatic N) is 3. The summed E-state index contributed by atoms with van der Waals surface area (Å²) in [5.41, 5.74) is 4.89. The highest BCUT2D eigenvalue weighted by Gasteiger charge is 2.29. The van der Waals surface area contributed by atoms with Crippen LogP contribution in [0.5, 0.6) is 0 Å². The first-order valence-electron chi connectivity index (χ1n) is 10.1. The van der Waals surface area contributed by atoms with Gasteiger partial charge in [-0.15, -0.1) is 0 Å². The van der Waals surface area contributed by atoms with E-state index in [-0.39, 0.29) is 11.7 Å². The highest BCUT2D eigenvalue weighted by molar-refractivity contribution is 7.99. The van der Waals surface area contributed by atoms with E-state index in [1.807, 2.05) is 53.1 Å². The van der Waals surface area contributed by atoms with E-state index in [4.69, 9.17) is 11.6 Å². The Morgan fingerprint density at radius 3 is 2.47 bits per heavy atom. The fourth-order valence-corrected chi connectivity index (χ4v) is 4.12. The molecule has 3 aromatic carbocycles. The number of benzene rings is 3. The number of amides is 1. The summed E-state index contributed by atoms with van der Waals surface area (Å²) in [5.74, 6) is -0.299. The van der Waals surface area contributed by atoms with Crippen LogP contribution in [0.4, 0.5) is 13.2 Å². The summed E-state index contributed by atoms with van der Waals surface area (Å²) < 4.78 is 39.9. The molecule has 0 saturated heterocycles. The summed E-state index contributed by atoms with van der Waals surface area (Å²) >= 11 is 7.25. The minimum atomic E-state index is -4.40. The lowest BCUT2D eigenvalue weighted by Gasteiger charge is -2.09. The zero-order valence-electron chi connectivity index (χ0n) is 17.6. The Kier molecular flexibility index (Phi) is 7.23. The first-order valence-corrected chi connectivity index (χ1v) is 11.5. The second-order valence-electron chi connectivity index (χ2n) is 7.30. The number of para-hydroxylation sites is 2. The van der Waals surface area contributed by atoms with Gasteiger partial charge in [-0.25, -0.2) is 10.4 Å². The molecule has 0 aliphatic carbocycles. The highest BCUT2D eigenvalue weighted by Crippen LogP contribution is 2.29. The van der Waals surface area contributed by atoms with Gasteiger partial charge < -0.3 is 4.57 Å². The number of hydrogen-bond acceptors (Lipinski definition) is 4. The average Bonchev–Trinajstić information content (AvgIpc) is 3.16. The molecule has 1 N–H and O–H groups in total. The Morgan fingerprint density at radius 1 is 1.06 bits per heavy atom. The molecule has 0 saturated carbocycles. The van der Waals surface area contributed by atoms with Gasteiger partial charge in [0, 0.05) is 5.02 Å². The van der Waals surface area contributed by atoms with E-state index in [0.29, 0.717) is 22.3 Å². The van der Waals surface area contributed by atoms with Gasteiger partial charge in [0.25, 0.3) is 5.91 Å². The third kappa shape index (κ3) is 5.98. The zero-order chi connectivity index (χ0) is 24.1. The molecule has 4 rings (SSSR count). The number of hydrazone groups is 1. The molecule has 0 fully saturated rings. The van der Waals surface area contributed by atoms with Crippen LogP contribution >= 0.6 is 23.4 Å². The van der Waals surface area contributed by atoms with Crippen molar-refractivity contribution in [1.82, 2.24) is 15.0 Å². The van der Waals surface area contributed by atoms with Gasteiger partial charge in [0.2, 0.25) is 0 Å². The molecule has 0 spiro atoms. The Morgan fingerprint density at radius 2 is 1.76 bits per heavy atom. The van der Waals surface area contributed by atoms with Gasteiger partial charge in [-0.3, -0.25) is 4.79 Å². The fraction of sp³-hybridized carbons (Fsp3) is 0.125. The number of hydrogen-bond donors (Lipinski definition) is 1. The third-order valence-electron chi connectivity index (χ3n) is 4.85. The molecule has 174 valence electrons. The normalized spacial score (nSPS) is 11.9.